The molecule has 0 aromatic heterocycles. The highest BCUT2D eigenvalue weighted by atomic mass is 79.9. The summed E-state index contributed by atoms with van der Waals surface area (Å²) >= 11 is 3.42. The van der Waals surface area contributed by atoms with Crippen molar-refractivity contribution >= 4 is 27.5 Å². The molecular weight excluding hydrogens is 270 g/mol. The van der Waals surface area contributed by atoms with Crippen LogP contribution in [0.5, 0.6) is 0 Å². The van der Waals surface area contributed by atoms with E-state index in [2.05, 4.69) is 21.2 Å². The van der Waals surface area contributed by atoms with Crippen molar-refractivity contribution in [3.63, 3.8) is 0 Å². The van der Waals surface area contributed by atoms with Gasteiger partial charge in [-0.3, -0.25) is 4.79 Å². The van der Waals surface area contributed by atoms with E-state index < -0.39 is 0 Å². The van der Waals surface area contributed by atoms with Crippen molar-refractivity contribution in [3.05, 3.63) is 28.2 Å². The van der Waals surface area contributed by atoms with Crippen molar-refractivity contribution < 1.29 is 9.53 Å². The molecule has 1 fully saturated rings. The molecule has 0 bridgehead atoms. The van der Waals surface area contributed by atoms with Gasteiger partial charge in [0, 0.05) is 16.8 Å². The van der Waals surface area contributed by atoms with Gasteiger partial charge in [-0.1, -0.05) is 15.9 Å². The van der Waals surface area contributed by atoms with Crippen LogP contribution in [0, 0.1) is 6.92 Å². The normalized spacial score (nSPS) is 19.8. The van der Waals surface area contributed by atoms with E-state index in [4.69, 9.17) is 4.74 Å². The number of ether oxygens (including phenoxy) is 1. The standard InChI is InChI=1S/C12H14BrNO2/c1-8-7-9(4-5-10(8)13)14-12(15)11-3-2-6-16-11/h4-5,7,11H,2-3,6H2,1H3,(H,14,15)/t11-/m0/s1. The highest BCUT2D eigenvalue weighted by molar-refractivity contribution is 9.10. The number of aryl methyl sites for hydroxylation is 1. The maximum Gasteiger partial charge on any atom is 0.253 e. The number of rotatable bonds is 2. The predicted molar refractivity (Wildman–Crippen MR) is 66.5 cm³/mol. The first-order chi connectivity index (χ1) is 7.66. The average molecular weight is 284 g/mol. The van der Waals surface area contributed by atoms with Gasteiger partial charge in [0.15, 0.2) is 0 Å². The van der Waals surface area contributed by atoms with Gasteiger partial charge in [0.1, 0.15) is 6.10 Å². The first kappa shape index (κ1) is 11.6. The number of benzene rings is 1. The van der Waals surface area contributed by atoms with Gasteiger partial charge in [-0.25, -0.2) is 0 Å². The zero-order valence-electron chi connectivity index (χ0n) is 9.13. The molecule has 1 aliphatic rings. The number of hydrogen-bond donors (Lipinski definition) is 1. The molecule has 16 heavy (non-hydrogen) atoms. The Labute approximate surface area is 103 Å². The smallest absolute Gasteiger partial charge is 0.253 e. The van der Waals surface area contributed by atoms with Crippen LogP contribution in [0.2, 0.25) is 0 Å². The fourth-order valence-electron chi connectivity index (χ4n) is 1.73. The Morgan fingerprint density at radius 3 is 3.00 bits per heavy atom. The monoisotopic (exact) mass is 283 g/mol. The maximum absolute atomic E-state index is 11.8. The van der Waals surface area contributed by atoms with Gasteiger partial charge in [-0.2, -0.15) is 0 Å². The van der Waals surface area contributed by atoms with Gasteiger partial charge in [0.25, 0.3) is 5.91 Å². The molecule has 1 heterocycles. The molecule has 1 saturated heterocycles. The van der Waals surface area contributed by atoms with Crippen LogP contribution in [0.4, 0.5) is 5.69 Å². The lowest BCUT2D eigenvalue weighted by Crippen LogP contribution is -2.26. The third-order valence-corrected chi connectivity index (χ3v) is 3.54. The molecule has 1 aliphatic heterocycles. The van der Waals surface area contributed by atoms with Crippen LogP contribution in [0.1, 0.15) is 18.4 Å². The summed E-state index contributed by atoms with van der Waals surface area (Å²) < 4.78 is 6.36. The predicted octanol–water partition coefficient (Wildman–Crippen LogP) is 2.88. The van der Waals surface area contributed by atoms with Crippen LogP contribution >= 0.6 is 15.9 Å². The average Bonchev–Trinajstić information content (AvgIpc) is 2.77. The molecule has 0 aliphatic carbocycles. The Bertz CT molecular complexity index is 400. The van der Waals surface area contributed by atoms with E-state index in [1.165, 1.54) is 0 Å². The molecule has 1 atom stereocenters. The lowest BCUT2D eigenvalue weighted by Gasteiger charge is -2.11. The number of amides is 1. The molecule has 0 saturated carbocycles. The largest absolute Gasteiger partial charge is 0.368 e. The van der Waals surface area contributed by atoms with Crippen molar-refractivity contribution in [1.29, 1.82) is 0 Å². The van der Waals surface area contributed by atoms with Crippen molar-refractivity contribution in [3.8, 4) is 0 Å². The second-order valence-corrected chi connectivity index (χ2v) is 4.81. The zero-order valence-corrected chi connectivity index (χ0v) is 10.7. The first-order valence-corrected chi connectivity index (χ1v) is 6.15. The molecule has 0 radical (unpaired) electrons. The number of carbonyl (C=O) groups excluding carboxylic acids is 1. The lowest BCUT2D eigenvalue weighted by atomic mass is 10.2. The van der Waals surface area contributed by atoms with Gasteiger partial charge in [0.05, 0.1) is 0 Å². The lowest BCUT2D eigenvalue weighted by molar-refractivity contribution is -0.124. The van der Waals surface area contributed by atoms with Crippen LogP contribution in [0.25, 0.3) is 0 Å². The summed E-state index contributed by atoms with van der Waals surface area (Å²) in [7, 11) is 0. The Morgan fingerprint density at radius 2 is 2.38 bits per heavy atom. The molecule has 86 valence electrons. The molecule has 2 rings (SSSR count). The Balaban J connectivity index is 2.02. The molecule has 1 aromatic rings. The SMILES string of the molecule is Cc1cc(NC(=O)[C@@H]2CCCO2)ccc1Br. The third kappa shape index (κ3) is 2.62. The molecule has 0 spiro atoms. The molecule has 1 amide bonds. The second kappa shape index (κ2) is 4.97. The van der Waals surface area contributed by atoms with E-state index in [0.29, 0.717) is 6.61 Å². The minimum Gasteiger partial charge on any atom is -0.368 e. The Hall–Kier alpha value is -0.870. The summed E-state index contributed by atoms with van der Waals surface area (Å²) in [5.74, 6) is -0.0424. The molecule has 0 unspecified atom stereocenters. The van der Waals surface area contributed by atoms with E-state index in [1.54, 1.807) is 0 Å². The highest BCUT2D eigenvalue weighted by Gasteiger charge is 2.23. The quantitative estimate of drug-likeness (QED) is 0.906. The van der Waals surface area contributed by atoms with Crippen molar-refractivity contribution in [2.75, 3.05) is 11.9 Å². The third-order valence-electron chi connectivity index (χ3n) is 2.65. The number of anilines is 1. The fraction of sp³-hybridized carbons (Fsp3) is 0.417. The number of hydrogen-bond acceptors (Lipinski definition) is 2. The minimum absolute atomic E-state index is 0.0424. The first-order valence-electron chi connectivity index (χ1n) is 5.35. The summed E-state index contributed by atoms with van der Waals surface area (Å²) in [4.78, 5) is 11.8. The molecule has 1 N–H and O–H groups in total. The zero-order chi connectivity index (χ0) is 11.5. The van der Waals surface area contributed by atoms with Crippen LogP contribution in [0.3, 0.4) is 0 Å². The molecular formula is C12H14BrNO2. The van der Waals surface area contributed by atoms with Crippen molar-refractivity contribution in [1.82, 2.24) is 0 Å². The fourth-order valence-corrected chi connectivity index (χ4v) is 1.98. The van der Waals surface area contributed by atoms with Gasteiger partial charge in [-0.15, -0.1) is 0 Å². The summed E-state index contributed by atoms with van der Waals surface area (Å²) in [6, 6.07) is 5.75. The summed E-state index contributed by atoms with van der Waals surface area (Å²) in [6.45, 7) is 2.68. The van der Waals surface area contributed by atoms with Crippen LogP contribution in [-0.4, -0.2) is 18.6 Å². The molecule has 3 nitrogen and oxygen atoms in total. The van der Waals surface area contributed by atoms with Crippen molar-refractivity contribution in [2.45, 2.75) is 25.9 Å². The van der Waals surface area contributed by atoms with Crippen molar-refractivity contribution in [2.24, 2.45) is 0 Å². The van der Waals surface area contributed by atoms with E-state index >= 15 is 0 Å². The summed E-state index contributed by atoms with van der Waals surface area (Å²) in [5, 5.41) is 2.87. The van der Waals surface area contributed by atoms with Gasteiger partial charge >= 0.3 is 0 Å². The maximum atomic E-state index is 11.8. The molecule has 1 aromatic carbocycles. The number of nitrogens with one attached hydrogen (secondary N) is 1. The number of carbonyl (C=O) groups is 1. The van der Waals surface area contributed by atoms with Gasteiger partial charge in [0.2, 0.25) is 0 Å². The van der Waals surface area contributed by atoms with Gasteiger partial charge < -0.3 is 10.1 Å². The topological polar surface area (TPSA) is 38.3 Å². The van der Waals surface area contributed by atoms with E-state index in [9.17, 15) is 4.79 Å². The van der Waals surface area contributed by atoms with E-state index in [0.717, 1.165) is 28.6 Å². The highest BCUT2D eigenvalue weighted by Crippen LogP contribution is 2.21. The van der Waals surface area contributed by atoms with Crippen LogP contribution in [0.15, 0.2) is 22.7 Å². The van der Waals surface area contributed by atoms with Crippen LogP contribution < -0.4 is 5.32 Å². The Kier molecular flexibility index (Phi) is 3.61. The number of halogens is 1. The van der Waals surface area contributed by atoms with Crippen LogP contribution in [-0.2, 0) is 9.53 Å². The summed E-state index contributed by atoms with van der Waals surface area (Å²) in [6.07, 6.45) is 1.52. The van der Waals surface area contributed by atoms with Gasteiger partial charge in [-0.05, 0) is 43.5 Å². The molecule has 4 heteroatoms. The minimum atomic E-state index is -0.274. The summed E-state index contributed by atoms with van der Waals surface area (Å²) in [5.41, 5.74) is 1.92. The second-order valence-electron chi connectivity index (χ2n) is 3.95. The van der Waals surface area contributed by atoms with E-state index in [1.807, 2.05) is 25.1 Å². The van der Waals surface area contributed by atoms with E-state index in [-0.39, 0.29) is 12.0 Å². The Morgan fingerprint density at radius 1 is 1.56 bits per heavy atom.